The molecule has 1 aliphatic rings. The van der Waals surface area contributed by atoms with Gasteiger partial charge in [-0.1, -0.05) is 78.6 Å². The topological polar surface area (TPSA) is 0 Å². The van der Waals surface area contributed by atoms with Crippen LogP contribution >= 0.6 is 0 Å². The van der Waals surface area contributed by atoms with Crippen molar-refractivity contribution >= 4 is 0 Å². The number of rotatable bonds is 0. The normalized spacial score (nSPS) is 12.2. The maximum Gasteiger partial charge on any atom is 0.0717 e. The number of fused-ring (bicyclic) bond motifs is 3. The third-order valence-electron chi connectivity index (χ3n) is 3.97. The molecule has 0 amide bonds. The predicted octanol–water partition coefficient (Wildman–Crippen LogP) is 4.85. The first-order valence-corrected chi connectivity index (χ1v) is 7.18. The van der Waals surface area contributed by atoms with Crippen LogP contribution in [0.5, 0.6) is 0 Å². The first-order chi connectivity index (χ1) is 10.4. The van der Waals surface area contributed by atoms with Crippen molar-refractivity contribution in [2.45, 2.75) is 5.92 Å². The van der Waals surface area contributed by atoms with Crippen molar-refractivity contribution in [1.29, 1.82) is 0 Å². The second kappa shape index (κ2) is 4.96. The highest BCUT2D eigenvalue weighted by Gasteiger charge is 2.26. The van der Waals surface area contributed by atoms with Crippen LogP contribution < -0.4 is 0 Å². The zero-order chi connectivity index (χ0) is 14.1. The van der Waals surface area contributed by atoms with E-state index in [1.54, 1.807) is 0 Å². The lowest BCUT2D eigenvalue weighted by molar-refractivity contribution is 1.11. The predicted molar refractivity (Wildman–Crippen MR) is 87.0 cm³/mol. The molecule has 0 aliphatic heterocycles. The standard InChI is InChI=1S/C21H14/c1-2-8-16(9-3-1)14-15-21-19-12-6-4-10-17(19)18-11-5-7-13-20(18)21/h1-13,21H. The van der Waals surface area contributed by atoms with Gasteiger partial charge in [0.15, 0.2) is 0 Å². The van der Waals surface area contributed by atoms with Crippen molar-refractivity contribution < 1.29 is 0 Å². The molecule has 98 valence electrons. The average Bonchev–Trinajstić information content (AvgIpc) is 2.88. The van der Waals surface area contributed by atoms with Gasteiger partial charge < -0.3 is 0 Å². The molecule has 0 aromatic heterocycles. The molecule has 0 bridgehead atoms. The van der Waals surface area contributed by atoms with E-state index in [1.165, 1.54) is 22.3 Å². The Labute approximate surface area is 125 Å². The van der Waals surface area contributed by atoms with Gasteiger partial charge >= 0.3 is 0 Å². The molecule has 0 N–H and O–H groups in total. The molecule has 0 radical (unpaired) electrons. The van der Waals surface area contributed by atoms with E-state index < -0.39 is 0 Å². The van der Waals surface area contributed by atoms with E-state index in [4.69, 9.17) is 0 Å². The van der Waals surface area contributed by atoms with Crippen molar-refractivity contribution in [3.05, 3.63) is 95.6 Å². The molecule has 0 saturated carbocycles. The van der Waals surface area contributed by atoms with Crippen LogP contribution in [0.4, 0.5) is 0 Å². The molecule has 0 fully saturated rings. The highest BCUT2D eigenvalue weighted by molar-refractivity contribution is 5.80. The zero-order valence-corrected chi connectivity index (χ0v) is 11.6. The second-order valence-corrected chi connectivity index (χ2v) is 5.24. The van der Waals surface area contributed by atoms with E-state index in [9.17, 15) is 0 Å². The van der Waals surface area contributed by atoms with Crippen molar-refractivity contribution in [2.75, 3.05) is 0 Å². The Balaban J connectivity index is 1.85. The summed E-state index contributed by atoms with van der Waals surface area (Å²) in [7, 11) is 0. The molecule has 0 atom stereocenters. The van der Waals surface area contributed by atoms with Crippen LogP contribution in [0.15, 0.2) is 78.9 Å². The van der Waals surface area contributed by atoms with Crippen LogP contribution in [-0.2, 0) is 0 Å². The molecule has 0 nitrogen and oxygen atoms in total. The Bertz CT molecular complexity index is 802. The second-order valence-electron chi connectivity index (χ2n) is 5.24. The smallest absolute Gasteiger partial charge is 0.0717 e. The van der Waals surface area contributed by atoms with E-state index in [0.29, 0.717) is 0 Å². The summed E-state index contributed by atoms with van der Waals surface area (Å²) in [5.41, 5.74) is 6.35. The van der Waals surface area contributed by atoms with Gasteiger partial charge in [-0.2, -0.15) is 0 Å². The van der Waals surface area contributed by atoms with E-state index in [1.807, 2.05) is 18.2 Å². The fourth-order valence-electron chi connectivity index (χ4n) is 2.99. The van der Waals surface area contributed by atoms with Gasteiger partial charge in [0.1, 0.15) is 0 Å². The molecule has 3 aromatic carbocycles. The minimum absolute atomic E-state index is 0.178. The monoisotopic (exact) mass is 266 g/mol. The van der Waals surface area contributed by atoms with Gasteiger partial charge in [-0.15, -0.1) is 0 Å². The molecule has 1 aliphatic carbocycles. The summed E-state index contributed by atoms with van der Waals surface area (Å²) < 4.78 is 0. The molecule has 0 spiro atoms. The van der Waals surface area contributed by atoms with Gasteiger partial charge in [0.2, 0.25) is 0 Å². The molecule has 0 unspecified atom stereocenters. The Morgan fingerprint density at radius 3 is 1.71 bits per heavy atom. The van der Waals surface area contributed by atoms with Gasteiger partial charge in [0, 0.05) is 5.56 Å². The first-order valence-electron chi connectivity index (χ1n) is 7.18. The van der Waals surface area contributed by atoms with Crippen LogP contribution in [0.1, 0.15) is 22.6 Å². The fraction of sp³-hybridized carbons (Fsp3) is 0.0476. The Morgan fingerprint density at radius 2 is 1.10 bits per heavy atom. The summed E-state index contributed by atoms with van der Waals surface area (Å²) >= 11 is 0. The zero-order valence-electron chi connectivity index (χ0n) is 11.6. The molecule has 0 saturated heterocycles. The van der Waals surface area contributed by atoms with Crippen LogP contribution in [0.3, 0.4) is 0 Å². The first kappa shape index (κ1) is 12.0. The van der Waals surface area contributed by atoms with Gasteiger partial charge in [0.25, 0.3) is 0 Å². The molecule has 0 heterocycles. The van der Waals surface area contributed by atoms with Crippen LogP contribution in [0, 0.1) is 11.8 Å². The van der Waals surface area contributed by atoms with E-state index >= 15 is 0 Å². The van der Waals surface area contributed by atoms with Gasteiger partial charge in [-0.25, -0.2) is 0 Å². The molecule has 21 heavy (non-hydrogen) atoms. The SMILES string of the molecule is C(#CC1c2ccccc2-c2ccccc21)c1ccccc1. The highest BCUT2D eigenvalue weighted by Crippen LogP contribution is 2.44. The van der Waals surface area contributed by atoms with Crippen LogP contribution in [0.2, 0.25) is 0 Å². The minimum atomic E-state index is 0.178. The maximum atomic E-state index is 3.46. The summed E-state index contributed by atoms with van der Waals surface area (Å²) in [4.78, 5) is 0. The van der Waals surface area contributed by atoms with E-state index in [0.717, 1.165) is 5.56 Å². The Morgan fingerprint density at radius 1 is 0.571 bits per heavy atom. The highest BCUT2D eigenvalue weighted by atomic mass is 14.3. The van der Waals surface area contributed by atoms with Gasteiger partial charge in [-0.05, 0) is 34.4 Å². The third-order valence-corrected chi connectivity index (χ3v) is 3.97. The molecule has 4 rings (SSSR count). The maximum absolute atomic E-state index is 3.46. The molecular formula is C21H14. The van der Waals surface area contributed by atoms with E-state index in [-0.39, 0.29) is 5.92 Å². The largest absolute Gasteiger partial charge is 0.0848 e. The summed E-state index contributed by atoms with van der Waals surface area (Å²) in [6, 6.07) is 27.4. The minimum Gasteiger partial charge on any atom is -0.0848 e. The Kier molecular flexibility index (Phi) is 2.83. The Hall–Kier alpha value is -2.78. The van der Waals surface area contributed by atoms with Gasteiger partial charge in [-0.3, -0.25) is 0 Å². The summed E-state index contributed by atoms with van der Waals surface area (Å²) in [6.45, 7) is 0. The summed E-state index contributed by atoms with van der Waals surface area (Å²) in [5, 5.41) is 0. The van der Waals surface area contributed by atoms with Crippen LogP contribution in [-0.4, -0.2) is 0 Å². The average molecular weight is 266 g/mol. The summed E-state index contributed by atoms with van der Waals surface area (Å²) in [5.74, 6) is 6.96. The lowest BCUT2D eigenvalue weighted by Gasteiger charge is -2.05. The summed E-state index contributed by atoms with van der Waals surface area (Å²) in [6.07, 6.45) is 0. The van der Waals surface area contributed by atoms with Gasteiger partial charge in [0.05, 0.1) is 5.92 Å². The molecule has 0 heteroatoms. The molecule has 3 aromatic rings. The number of benzene rings is 3. The van der Waals surface area contributed by atoms with Crippen molar-refractivity contribution in [3.8, 4) is 23.0 Å². The number of hydrogen-bond donors (Lipinski definition) is 0. The fourth-order valence-corrected chi connectivity index (χ4v) is 2.99. The lowest BCUT2D eigenvalue weighted by atomic mass is 9.97. The van der Waals surface area contributed by atoms with Crippen molar-refractivity contribution in [2.24, 2.45) is 0 Å². The van der Waals surface area contributed by atoms with Crippen LogP contribution in [0.25, 0.3) is 11.1 Å². The number of hydrogen-bond acceptors (Lipinski definition) is 0. The van der Waals surface area contributed by atoms with Crippen molar-refractivity contribution in [1.82, 2.24) is 0 Å². The quantitative estimate of drug-likeness (QED) is 0.510. The lowest BCUT2D eigenvalue weighted by Crippen LogP contribution is -1.92. The molecular weight excluding hydrogens is 252 g/mol. The van der Waals surface area contributed by atoms with Crippen molar-refractivity contribution in [3.63, 3.8) is 0 Å². The third kappa shape index (κ3) is 2.04. The van der Waals surface area contributed by atoms with E-state index in [2.05, 4.69) is 72.5 Å².